The molecule has 3 heterocycles. The first-order valence-electron chi connectivity index (χ1n) is 6.69. The van der Waals surface area contributed by atoms with E-state index in [1.54, 1.807) is 23.8 Å². The smallest absolute Gasteiger partial charge is 0.316 e. The van der Waals surface area contributed by atoms with Crippen LogP contribution in [0.1, 0.15) is 6.92 Å². The van der Waals surface area contributed by atoms with Crippen LogP contribution in [0.15, 0.2) is 41.8 Å². The maximum atomic E-state index is 11.4. The Bertz CT molecular complexity index is 790. The van der Waals surface area contributed by atoms with Crippen molar-refractivity contribution in [2.75, 3.05) is 12.4 Å². The summed E-state index contributed by atoms with van der Waals surface area (Å²) in [6.45, 7) is 2.14. The van der Waals surface area contributed by atoms with Gasteiger partial charge in [-0.3, -0.25) is 9.78 Å². The molecule has 0 N–H and O–H groups in total. The molecule has 0 aromatic carbocycles. The minimum absolute atomic E-state index is 0.170. The summed E-state index contributed by atoms with van der Waals surface area (Å²) in [7, 11) is 0. The first-order chi connectivity index (χ1) is 10.8. The van der Waals surface area contributed by atoms with Crippen LogP contribution in [-0.4, -0.2) is 42.9 Å². The summed E-state index contributed by atoms with van der Waals surface area (Å²) in [5.41, 5.74) is 1.57. The van der Waals surface area contributed by atoms with Gasteiger partial charge in [0.15, 0.2) is 0 Å². The van der Waals surface area contributed by atoms with Crippen LogP contribution in [0.25, 0.3) is 17.2 Å². The molecule has 7 nitrogen and oxygen atoms in total. The van der Waals surface area contributed by atoms with Gasteiger partial charge >= 0.3 is 5.97 Å². The Morgan fingerprint density at radius 1 is 1.27 bits per heavy atom. The maximum absolute atomic E-state index is 11.4. The van der Waals surface area contributed by atoms with E-state index in [4.69, 9.17) is 4.74 Å². The van der Waals surface area contributed by atoms with Gasteiger partial charge in [-0.2, -0.15) is 9.50 Å². The van der Waals surface area contributed by atoms with E-state index in [1.807, 2.05) is 24.3 Å². The van der Waals surface area contributed by atoms with Crippen LogP contribution < -0.4 is 0 Å². The van der Waals surface area contributed by atoms with E-state index in [-0.39, 0.29) is 11.7 Å². The van der Waals surface area contributed by atoms with E-state index >= 15 is 0 Å². The first-order valence-corrected chi connectivity index (χ1v) is 7.68. The molecule has 0 amide bonds. The highest BCUT2D eigenvalue weighted by Gasteiger charge is 2.12. The van der Waals surface area contributed by atoms with Gasteiger partial charge in [0.05, 0.1) is 23.7 Å². The van der Waals surface area contributed by atoms with E-state index in [9.17, 15) is 4.79 Å². The molecule has 0 aliphatic carbocycles. The van der Waals surface area contributed by atoms with E-state index < -0.39 is 0 Å². The van der Waals surface area contributed by atoms with Gasteiger partial charge in [0, 0.05) is 12.4 Å². The van der Waals surface area contributed by atoms with Crippen molar-refractivity contribution in [3.05, 3.63) is 36.7 Å². The molecule has 0 radical (unpaired) electrons. The van der Waals surface area contributed by atoms with Gasteiger partial charge < -0.3 is 4.74 Å². The van der Waals surface area contributed by atoms with Gasteiger partial charge in [-0.05, 0) is 25.1 Å². The lowest BCUT2D eigenvalue weighted by Gasteiger charge is -2.01. The van der Waals surface area contributed by atoms with Gasteiger partial charge in [-0.25, -0.2) is 4.98 Å². The number of pyridine rings is 1. The number of rotatable bonds is 5. The molecular formula is C14H13N5O2S. The quantitative estimate of drug-likeness (QED) is 0.525. The van der Waals surface area contributed by atoms with Crippen molar-refractivity contribution < 1.29 is 9.53 Å². The summed E-state index contributed by atoms with van der Waals surface area (Å²) in [6, 6.07) is 7.47. The van der Waals surface area contributed by atoms with Crippen LogP contribution in [0, 0.1) is 0 Å². The first kappa shape index (κ1) is 14.5. The molecule has 0 saturated heterocycles. The molecule has 3 rings (SSSR count). The number of hydrogen-bond donors (Lipinski definition) is 0. The SMILES string of the molecule is CCOC(=O)CSc1nc2nccc(-c3ccccn3)n2n1. The highest BCUT2D eigenvalue weighted by molar-refractivity contribution is 7.99. The van der Waals surface area contributed by atoms with Crippen molar-refractivity contribution in [1.82, 2.24) is 24.6 Å². The minimum atomic E-state index is -0.288. The average Bonchev–Trinajstić information content (AvgIpc) is 2.97. The highest BCUT2D eigenvalue weighted by atomic mass is 32.2. The van der Waals surface area contributed by atoms with Crippen molar-refractivity contribution in [3.8, 4) is 11.4 Å². The molecule has 8 heteroatoms. The third-order valence-corrected chi connectivity index (χ3v) is 3.58. The number of carbonyl (C=O) groups is 1. The molecule has 0 aliphatic rings. The Labute approximate surface area is 130 Å². The second-order valence-corrected chi connectivity index (χ2v) is 5.19. The Morgan fingerprint density at radius 3 is 2.95 bits per heavy atom. The number of fused-ring (bicyclic) bond motifs is 1. The van der Waals surface area contributed by atoms with Gasteiger partial charge in [0.1, 0.15) is 0 Å². The summed E-state index contributed by atoms with van der Waals surface area (Å²) in [6.07, 6.45) is 3.38. The summed E-state index contributed by atoms with van der Waals surface area (Å²) in [5.74, 6) is 0.350. The highest BCUT2D eigenvalue weighted by Crippen LogP contribution is 2.19. The predicted molar refractivity (Wildman–Crippen MR) is 81.4 cm³/mol. The fourth-order valence-corrected chi connectivity index (χ4v) is 2.49. The van der Waals surface area contributed by atoms with E-state index in [0.717, 1.165) is 11.4 Å². The molecule has 3 aromatic heterocycles. The summed E-state index contributed by atoms with van der Waals surface area (Å²) < 4.78 is 6.50. The van der Waals surface area contributed by atoms with Crippen LogP contribution in [0.2, 0.25) is 0 Å². The lowest BCUT2D eigenvalue weighted by atomic mass is 10.2. The second-order valence-electron chi connectivity index (χ2n) is 4.24. The second kappa shape index (κ2) is 6.52. The minimum Gasteiger partial charge on any atom is -0.465 e. The van der Waals surface area contributed by atoms with Gasteiger partial charge in [0.25, 0.3) is 5.78 Å². The molecule has 22 heavy (non-hydrogen) atoms. The number of nitrogens with zero attached hydrogens (tertiary/aromatic N) is 5. The Morgan fingerprint density at radius 2 is 2.18 bits per heavy atom. The summed E-state index contributed by atoms with van der Waals surface area (Å²) in [4.78, 5) is 24.2. The van der Waals surface area contributed by atoms with Crippen molar-refractivity contribution in [1.29, 1.82) is 0 Å². The molecule has 0 unspecified atom stereocenters. The summed E-state index contributed by atoms with van der Waals surface area (Å²) >= 11 is 1.22. The Balaban J connectivity index is 1.89. The maximum Gasteiger partial charge on any atom is 0.316 e. The molecule has 0 aliphatic heterocycles. The molecule has 0 spiro atoms. The third kappa shape index (κ3) is 3.06. The molecule has 112 valence electrons. The normalized spacial score (nSPS) is 10.8. The molecule has 3 aromatic rings. The van der Waals surface area contributed by atoms with Crippen LogP contribution in [0.4, 0.5) is 0 Å². The van der Waals surface area contributed by atoms with Gasteiger partial charge in [0.2, 0.25) is 5.16 Å². The monoisotopic (exact) mass is 315 g/mol. The molecule has 0 fully saturated rings. The van der Waals surface area contributed by atoms with E-state index in [0.29, 0.717) is 17.5 Å². The van der Waals surface area contributed by atoms with Gasteiger partial charge in [-0.15, -0.1) is 5.10 Å². The Hall–Kier alpha value is -2.48. The van der Waals surface area contributed by atoms with Crippen molar-refractivity contribution in [3.63, 3.8) is 0 Å². The van der Waals surface area contributed by atoms with Crippen molar-refractivity contribution in [2.45, 2.75) is 12.1 Å². The molecule has 0 atom stereocenters. The van der Waals surface area contributed by atoms with E-state index in [1.165, 1.54) is 11.8 Å². The number of ether oxygens (including phenoxy) is 1. The number of hydrogen-bond acceptors (Lipinski definition) is 7. The molecule has 0 bridgehead atoms. The van der Waals surface area contributed by atoms with Crippen LogP contribution in [-0.2, 0) is 9.53 Å². The third-order valence-electron chi connectivity index (χ3n) is 2.77. The van der Waals surface area contributed by atoms with Crippen LogP contribution >= 0.6 is 11.8 Å². The average molecular weight is 315 g/mol. The van der Waals surface area contributed by atoms with Crippen LogP contribution in [0.5, 0.6) is 0 Å². The number of aromatic nitrogens is 5. The zero-order chi connectivity index (χ0) is 15.4. The Kier molecular flexibility index (Phi) is 4.29. The largest absolute Gasteiger partial charge is 0.465 e. The van der Waals surface area contributed by atoms with Crippen LogP contribution in [0.3, 0.4) is 0 Å². The standard InChI is InChI=1S/C14H13N5O2S/c1-2-21-12(20)9-22-14-17-13-16-8-6-11(19(13)18-14)10-5-3-4-7-15-10/h3-8H,2,9H2,1H3. The van der Waals surface area contributed by atoms with Crippen molar-refractivity contribution >= 4 is 23.5 Å². The topological polar surface area (TPSA) is 82.3 Å². The van der Waals surface area contributed by atoms with Crippen molar-refractivity contribution in [2.24, 2.45) is 0 Å². The van der Waals surface area contributed by atoms with E-state index in [2.05, 4.69) is 20.1 Å². The lowest BCUT2D eigenvalue weighted by molar-refractivity contribution is -0.139. The lowest BCUT2D eigenvalue weighted by Crippen LogP contribution is -2.06. The molecule has 0 saturated carbocycles. The predicted octanol–water partition coefficient (Wildman–Crippen LogP) is 1.84. The number of carbonyl (C=O) groups excluding carboxylic acids is 1. The fraction of sp³-hybridized carbons (Fsp3) is 0.214. The van der Waals surface area contributed by atoms with Gasteiger partial charge in [-0.1, -0.05) is 17.8 Å². The number of esters is 1. The molecular weight excluding hydrogens is 302 g/mol. The summed E-state index contributed by atoms with van der Waals surface area (Å²) in [5, 5.41) is 4.86. The fourth-order valence-electron chi connectivity index (χ4n) is 1.87. The zero-order valence-corrected chi connectivity index (χ0v) is 12.7. The number of thioether (sulfide) groups is 1. The zero-order valence-electron chi connectivity index (χ0n) is 11.8.